The van der Waals surface area contributed by atoms with E-state index in [0.29, 0.717) is 28.0 Å². The number of hydrogen-bond acceptors (Lipinski definition) is 1. The molecule has 1 nitrogen and oxygen atoms in total. The molecule has 0 aliphatic heterocycles. The summed E-state index contributed by atoms with van der Waals surface area (Å²) < 4.78 is 37.8. The van der Waals surface area contributed by atoms with E-state index >= 15 is 0 Å². The lowest BCUT2D eigenvalue weighted by Crippen LogP contribution is -2.04. The van der Waals surface area contributed by atoms with Crippen LogP contribution in [0, 0.1) is 0 Å². The molecule has 0 fully saturated rings. The average molecular weight is 311 g/mol. The van der Waals surface area contributed by atoms with E-state index in [1.54, 1.807) is 30.3 Å². The van der Waals surface area contributed by atoms with Crippen LogP contribution in [0.1, 0.15) is 27.0 Å². The highest BCUT2D eigenvalue weighted by molar-refractivity contribution is 6.32. The molecule has 0 atom stereocenters. The van der Waals surface area contributed by atoms with Crippen molar-refractivity contribution < 1.29 is 18.0 Å². The van der Waals surface area contributed by atoms with E-state index in [1.165, 1.54) is 12.1 Å². The Labute approximate surface area is 124 Å². The largest absolute Gasteiger partial charge is 0.416 e. The van der Waals surface area contributed by atoms with Gasteiger partial charge in [0, 0.05) is 10.6 Å². The van der Waals surface area contributed by atoms with Crippen LogP contribution >= 0.6 is 11.6 Å². The lowest BCUT2D eigenvalue weighted by atomic mass is 10.1. The molecule has 0 saturated carbocycles. The van der Waals surface area contributed by atoms with Gasteiger partial charge in [-0.15, -0.1) is 0 Å². The number of carbonyl (C=O) groups is 1. The van der Waals surface area contributed by atoms with Gasteiger partial charge in [0.2, 0.25) is 0 Å². The molecule has 0 unspecified atom stereocenters. The summed E-state index contributed by atoms with van der Waals surface area (Å²) in [6, 6.07) is 9.66. The van der Waals surface area contributed by atoms with Crippen LogP contribution < -0.4 is 0 Å². The second-order valence-electron chi connectivity index (χ2n) is 4.36. The topological polar surface area (TPSA) is 17.1 Å². The SMILES string of the molecule is O=Cc1ccc(Cl)c(/C=C/c2cccc(C(F)(F)F)c2)c1. The third-order valence-electron chi connectivity index (χ3n) is 2.83. The van der Waals surface area contributed by atoms with Crippen molar-refractivity contribution in [3.8, 4) is 0 Å². The molecule has 0 bridgehead atoms. The molecule has 0 saturated heterocycles. The van der Waals surface area contributed by atoms with E-state index in [9.17, 15) is 18.0 Å². The monoisotopic (exact) mass is 310 g/mol. The number of alkyl halides is 3. The minimum absolute atomic E-state index is 0.400. The van der Waals surface area contributed by atoms with Crippen LogP contribution in [0.15, 0.2) is 42.5 Å². The van der Waals surface area contributed by atoms with Gasteiger partial charge in [0.05, 0.1) is 5.56 Å². The number of aldehydes is 1. The van der Waals surface area contributed by atoms with Gasteiger partial charge in [-0.1, -0.05) is 42.0 Å². The van der Waals surface area contributed by atoms with Crippen LogP contribution in [0.4, 0.5) is 13.2 Å². The summed E-state index contributed by atoms with van der Waals surface area (Å²) in [4.78, 5) is 10.7. The smallest absolute Gasteiger partial charge is 0.298 e. The normalized spacial score (nSPS) is 11.8. The molecule has 0 heterocycles. The van der Waals surface area contributed by atoms with E-state index in [-0.39, 0.29) is 0 Å². The van der Waals surface area contributed by atoms with E-state index in [0.717, 1.165) is 12.1 Å². The van der Waals surface area contributed by atoms with Crippen LogP contribution in [-0.4, -0.2) is 6.29 Å². The lowest BCUT2D eigenvalue weighted by molar-refractivity contribution is -0.137. The molecule has 0 radical (unpaired) electrons. The number of hydrogen-bond donors (Lipinski definition) is 0. The van der Waals surface area contributed by atoms with Crippen molar-refractivity contribution >= 4 is 30.0 Å². The molecule has 108 valence electrons. The summed E-state index contributed by atoms with van der Waals surface area (Å²) in [5.41, 5.74) is 0.705. The molecule has 5 heteroatoms. The molecule has 21 heavy (non-hydrogen) atoms. The number of halogens is 4. The first-order valence-electron chi connectivity index (χ1n) is 6.00. The van der Waals surface area contributed by atoms with E-state index in [2.05, 4.69) is 0 Å². The Morgan fingerprint density at radius 3 is 2.38 bits per heavy atom. The number of rotatable bonds is 3. The van der Waals surface area contributed by atoms with Crippen molar-refractivity contribution in [2.24, 2.45) is 0 Å². The molecule has 2 aromatic rings. The van der Waals surface area contributed by atoms with Gasteiger partial charge in [-0.05, 0) is 35.4 Å². The van der Waals surface area contributed by atoms with Gasteiger partial charge >= 0.3 is 6.18 Å². The Balaban J connectivity index is 2.31. The van der Waals surface area contributed by atoms with Gasteiger partial charge < -0.3 is 0 Å². The number of benzene rings is 2. The van der Waals surface area contributed by atoms with Gasteiger partial charge in [0.15, 0.2) is 0 Å². The highest BCUT2D eigenvalue weighted by Crippen LogP contribution is 2.30. The molecule has 0 aromatic heterocycles. The highest BCUT2D eigenvalue weighted by atomic mass is 35.5. The zero-order chi connectivity index (χ0) is 15.5. The summed E-state index contributed by atoms with van der Waals surface area (Å²) in [6.45, 7) is 0. The van der Waals surface area contributed by atoms with Gasteiger partial charge in [0.25, 0.3) is 0 Å². The second-order valence-corrected chi connectivity index (χ2v) is 4.76. The quantitative estimate of drug-likeness (QED) is 0.552. The van der Waals surface area contributed by atoms with E-state index in [4.69, 9.17) is 11.6 Å². The third kappa shape index (κ3) is 3.95. The molecule has 2 rings (SSSR count). The van der Waals surface area contributed by atoms with Crippen molar-refractivity contribution in [3.63, 3.8) is 0 Å². The van der Waals surface area contributed by atoms with Crippen LogP contribution in [0.25, 0.3) is 12.2 Å². The van der Waals surface area contributed by atoms with Crippen LogP contribution in [0.5, 0.6) is 0 Å². The minimum atomic E-state index is -4.38. The molecule has 0 aliphatic carbocycles. The summed E-state index contributed by atoms with van der Waals surface area (Å²) in [6.07, 6.45) is -0.604. The Bertz CT molecular complexity index is 690. The first-order valence-corrected chi connectivity index (χ1v) is 6.38. The summed E-state index contributed by atoms with van der Waals surface area (Å²) >= 11 is 5.98. The maximum Gasteiger partial charge on any atom is 0.416 e. The van der Waals surface area contributed by atoms with Crippen LogP contribution in [-0.2, 0) is 6.18 Å². The van der Waals surface area contributed by atoms with Crippen LogP contribution in [0.2, 0.25) is 5.02 Å². The Kier molecular flexibility index (Phi) is 4.48. The summed E-state index contributed by atoms with van der Waals surface area (Å²) in [7, 11) is 0. The van der Waals surface area contributed by atoms with Gasteiger partial charge in [0.1, 0.15) is 6.29 Å². The lowest BCUT2D eigenvalue weighted by Gasteiger charge is -2.06. The van der Waals surface area contributed by atoms with Crippen LogP contribution in [0.3, 0.4) is 0 Å². The first-order chi connectivity index (χ1) is 9.90. The molecule has 0 spiro atoms. The fraction of sp³-hybridized carbons (Fsp3) is 0.0625. The molecule has 2 aromatic carbocycles. The molecule has 0 aliphatic rings. The van der Waals surface area contributed by atoms with Crippen molar-refractivity contribution in [1.29, 1.82) is 0 Å². The average Bonchev–Trinajstić information content (AvgIpc) is 2.46. The number of carbonyl (C=O) groups excluding carboxylic acids is 1. The highest BCUT2D eigenvalue weighted by Gasteiger charge is 2.30. The fourth-order valence-corrected chi connectivity index (χ4v) is 1.95. The third-order valence-corrected chi connectivity index (χ3v) is 3.17. The zero-order valence-corrected chi connectivity index (χ0v) is 11.4. The van der Waals surface area contributed by atoms with Gasteiger partial charge in [-0.3, -0.25) is 4.79 Å². The van der Waals surface area contributed by atoms with Crippen molar-refractivity contribution in [1.82, 2.24) is 0 Å². The van der Waals surface area contributed by atoms with Crippen molar-refractivity contribution in [2.45, 2.75) is 6.18 Å². The maximum absolute atomic E-state index is 12.6. The van der Waals surface area contributed by atoms with Crippen molar-refractivity contribution in [3.05, 3.63) is 69.7 Å². The van der Waals surface area contributed by atoms with Gasteiger partial charge in [-0.25, -0.2) is 0 Å². The Morgan fingerprint density at radius 1 is 0.952 bits per heavy atom. The zero-order valence-electron chi connectivity index (χ0n) is 10.7. The Hall–Kier alpha value is -2.07. The fourth-order valence-electron chi connectivity index (χ4n) is 1.77. The molecule has 0 N–H and O–H groups in total. The minimum Gasteiger partial charge on any atom is -0.298 e. The Morgan fingerprint density at radius 2 is 1.71 bits per heavy atom. The predicted octanol–water partition coefficient (Wildman–Crippen LogP) is 5.34. The van der Waals surface area contributed by atoms with Crippen molar-refractivity contribution in [2.75, 3.05) is 0 Å². The molecular weight excluding hydrogens is 301 g/mol. The molecular formula is C16H10ClF3O. The standard InChI is InChI=1S/C16H10ClF3O/c17-15-7-5-12(10-21)8-13(15)6-4-11-2-1-3-14(9-11)16(18,19)20/h1-10H/b6-4+. The van der Waals surface area contributed by atoms with E-state index in [1.807, 2.05) is 0 Å². The van der Waals surface area contributed by atoms with E-state index < -0.39 is 11.7 Å². The summed E-state index contributed by atoms with van der Waals surface area (Å²) in [5.74, 6) is 0. The first kappa shape index (κ1) is 15.3. The maximum atomic E-state index is 12.6. The molecule has 0 amide bonds. The second kappa shape index (κ2) is 6.14. The summed E-state index contributed by atoms with van der Waals surface area (Å²) in [5, 5.41) is 0.420. The van der Waals surface area contributed by atoms with Gasteiger partial charge in [-0.2, -0.15) is 13.2 Å². The predicted molar refractivity (Wildman–Crippen MR) is 77.2 cm³/mol.